The van der Waals surface area contributed by atoms with Gasteiger partial charge in [-0.3, -0.25) is 4.90 Å². The van der Waals surface area contributed by atoms with Gasteiger partial charge in [-0.05, 0) is 20.9 Å². The Balaban J connectivity index is 2.54. The van der Waals surface area contributed by atoms with E-state index in [0.717, 1.165) is 13.2 Å². The van der Waals surface area contributed by atoms with Gasteiger partial charge < -0.3 is 4.74 Å². The molecule has 0 spiro atoms. The van der Waals surface area contributed by atoms with E-state index in [1.807, 2.05) is 0 Å². The van der Waals surface area contributed by atoms with Crippen molar-refractivity contribution in [1.29, 1.82) is 0 Å². The third-order valence-electron chi connectivity index (χ3n) is 2.39. The minimum absolute atomic E-state index is 0.338. The van der Waals surface area contributed by atoms with Gasteiger partial charge in [-0.2, -0.15) is 0 Å². The van der Waals surface area contributed by atoms with Gasteiger partial charge in [0, 0.05) is 12.6 Å². The lowest BCUT2D eigenvalue weighted by atomic mass is 10.2. The molecule has 0 radical (unpaired) electrons. The molecule has 1 rings (SSSR count). The molecule has 0 bridgehead atoms. The molecule has 0 amide bonds. The van der Waals surface area contributed by atoms with Gasteiger partial charge in [-0.1, -0.05) is 12.2 Å². The van der Waals surface area contributed by atoms with Crippen molar-refractivity contribution < 1.29 is 4.74 Å². The third-order valence-corrected chi connectivity index (χ3v) is 2.39. The number of likely N-dealkylation sites (N-methyl/N-ethyl adjacent to an activating group) is 1. The standard InChI is InChI=1S/C9H17NO/c1-8-9(2)11-7-5-4-6-10(8)3/h4-5,8-9H,6-7H2,1-3H3/b5-4-. The van der Waals surface area contributed by atoms with Crippen LogP contribution in [0.1, 0.15) is 13.8 Å². The third kappa shape index (κ3) is 2.31. The maximum atomic E-state index is 5.54. The second-order valence-corrected chi connectivity index (χ2v) is 3.19. The molecule has 64 valence electrons. The molecule has 0 N–H and O–H groups in total. The Morgan fingerprint density at radius 2 is 2.09 bits per heavy atom. The first kappa shape index (κ1) is 8.75. The summed E-state index contributed by atoms with van der Waals surface area (Å²) in [6.07, 6.45) is 4.58. The van der Waals surface area contributed by atoms with E-state index in [2.05, 4.69) is 37.9 Å². The van der Waals surface area contributed by atoms with Crippen LogP contribution in [0.3, 0.4) is 0 Å². The Bertz CT molecular complexity index is 144. The Morgan fingerprint density at radius 1 is 1.36 bits per heavy atom. The fourth-order valence-electron chi connectivity index (χ4n) is 1.18. The van der Waals surface area contributed by atoms with Gasteiger partial charge in [-0.15, -0.1) is 0 Å². The van der Waals surface area contributed by atoms with Crippen molar-refractivity contribution in [3.63, 3.8) is 0 Å². The van der Waals surface area contributed by atoms with Crippen LogP contribution < -0.4 is 0 Å². The molecule has 0 aliphatic carbocycles. The molecule has 2 nitrogen and oxygen atoms in total. The number of rotatable bonds is 0. The lowest BCUT2D eigenvalue weighted by Gasteiger charge is -2.30. The average molecular weight is 155 g/mol. The van der Waals surface area contributed by atoms with Gasteiger partial charge in [0.1, 0.15) is 0 Å². The maximum Gasteiger partial charge on any atom is 0.0703 e. The van der Waals surface area contributed by atoms with E-state index >= 15 is 0 Å². The molecule has 0 fully saturated rings. The van der Waals surface area contributed by atoms with Crippen molar-refractivity contribution in [3.8, 4) is 0 Å². The average Bonchev–Trinajstić information content (AvgIpc) is 2.00. The molecule has 11 heavy (non-hydrogen) atoms. The van der Waals surface area contributed by atoms with Crippen molar-refractivity contribution in [2.24, 2.45) is 0 Å². The number of hydrogen-bond donors (Lipinski definition) is 0. The van der Waals surface area contributed by atoms with Gasteiger partial charge in [0.05, 0.1) is 12.7 Å². The first-order chi connectivity index (χ1) is 5.22. The molecule has 0 saturated carbocycles. The predicted octanol–water partition coefficient (Wildman–Crippen LogP) is 1.28. The van der Waals surface area contributed by atoms with Gasteiger partial charge in [0.2, 0.25) is 0 Å². The highest BCUT2D eigenvalue weighted by atomic mass is 16.5. The summed E-state index contributed by atoms with van der Waals surface area (Å²) in [5.74, 6) is 0. The van der Waals surface area contributed by atoms with E-state index in [4.69, 9.17) is 4.74 Å². The van der Waals surface area contributed by atoms with Gasteiger partial charge in [-0.25, -0.2) is 0 Å². The van der Waals surface area contributed by atoms with E-state index in [9.17, 15) is 0 Å². The number of nitrogens with zero attached hydrogens (tertiary/aromatic N) is 1. The molecule has 0 aromatic rings. The van der Waals surface area contributed by atoms with E-state index in [1.165, 1.54) is 0 Å². The fourth-order valence-corrected chi connectivity index (χ4v) is 1.18. The van der Waals surface area contributed by atoms with Gasteiger partial charge in [0.15, 0.2) is 0 Å². The predicted molar refractivity (Wildman–Crippen MR) is 46.6 cm³/mol. The summed E-state index contributed by atoms with van der Waals surface area (Å²) in [5, 5.41) is 0. The highest BCUT2D eigenvalue weighted by molar-refractivity contribution is 4.89. The zero-order valence-electron chi connectivity index (χ0n) is 7.58. The van der Waals surface area contributed by atoms with Crippen LogP contribution in [-0.2, 0) is 4.74 Å². The Morgan fingerprint density at radius 3 is 2.82 bits per heavy atom. The largest absolute Gasteiger partial charge is 0.373 e. The van der Waals surface area contributed by atoms with Crippen LogP contribution in [0.15, 0.2) is 12.2 Å². The molecule has 0 aromatic carbocycles. The molecule has 2 heteroatoms. The molecule has 0 saturated heterocycles. The fraction of sp³-hybridized carbons (Fsp3) is 0.778. The van der Waals surface area contributed by atoms with E-state index < -0.39 is 0 Å². The van der Waals surface area contributed by atoms with Gasteiger partial charge >= 0.3 is 0 Å². The lowest BCUT2D eigenvalue weighted by Crippen LogP contribution is -2.39. The van der Waals surface area contributed by atoms with E-state index in [0.29, 0.717) is 12.1 Å². The molecule has 2 unspecified atom stereocenters. The van der Waals surface area contributed by atoms with Crippen molar-refractivity contribution in [2.45, 2.75) is 26.0 Å². The zero-order chi connectivity index (χ0) is 8.27. The summed E-state index contributed by atoms with van der Waals surface area (Å²) in [5.41, 5.74) is 0. The summed E-state index contributed by atoms with van der Waals surface area (Å²) in [7, 11) is 2.13. The minimum Gasteiger partial charge on any atom is -0.373 e. The molecular formula is C9H17NO. The van der Waals surface area contributed by atoms with Crippen LogP contribution in [0, 0.1) is 0 Å². The number of ether oxygens (including phenoxy) is 1. The zero-order valence-corrected chi connectivity index (χ0v) is 7.58. The summed E-state index contributed by atoms with van der Waals surface area (Å²) in [6, 6.07) is 0.514. The highest BCUT2D eigenvalue weighted by Crippen LogP contribution is 2.07. The lowest BCUT2D eigenvalue weighted by molar-refractivity contribution is 0.0238. The quantitative estimate of drug-likeness (QED) is 0.489. The summed E-state index contributed by atoms with van der Waals surface area (Å²) < 4.78 is 5.54. The molecule has 0 aromatic heterocycles. The highest BCUT2D eigenvalue weighted by Gasteiger charge is 2.16. The molecule has 1 aliphatic heterocycles. The Hall–Kier alpha value is -0.340. The monoisotopic (exact) mass is 155 g/mol. The normalized spacial score (nSPS) is 37.7. The van der Waals surface area contributed by atoms with Crippen LogP contribution in [0.25, 0.3) is 0 Å². The van der Waals surface area contributed by atoms with E-state index in [1.54, 1.807) is 0 Å². The van der Waals surface area contributed by atoms with Crippen LogP contribution >= 0.6 is 0 Å². The SMILES string of the molecule is CC1OC/C=C\CN(C)C1C. The molecule has 2 atom stereocenters. The Kier molecular flexibility index (Phi) is 3.09. The van der Waals surface area contributed by atoms with Crippen molar-refractivity contribution in [3.05, 3.63) is 12.2 Å². The van der Waals surface area contributed by atoms with Crippen LogP contribution in [0.5, 0.6) is 0 Å². The maximum absolute atomic E-state index is 5.54. The first-order valence-electron chi connectivity index (χ1n) is 4.18. The van der Waals surface area contributed by atoms with Crippen molar-refractivity contribution in [2.75, 3.05) is 20.2 Å². The van der Waals surface area contributed by atoms with Crippen molar-refractivity contribution >= 4 is 0 Å². The molecule has 1 heterocycles. The summed E-state index contributed by atoms with van der Waals surface area (Å²) in [4.78, 5) is 2.29. The number of hydrogen-bond acceptors (Lipinski definition) is 2. The van der Waals surface area contributed by atoms with E-state index in [-0.39, 0.29) is 0 Å². The van der Waals surface area contributed by atoms with Crippen molar-refractivity contribution in [1.82, 2.24) is 4.90 Å². The topological polar surface area (TPSA) is 12.5 Å². The second kappa shape index (κ2) is 3.88. The Labute approximate surface area is 68.8 Å². The molecule has 1 aliphatic rings. The second-order valence-electron chi connectivity index (χ2n) is 3.19. The minimum atomic E-state index is 0.338. The summed E-state index contributed by atoms with van der Waals surface area (Å²) >= 11 is 0. The van der Waals surface area contributed by atoms with Crippen LogP contribution in [0.4, 0.5) is 0 Å². The van der Waals surface area contributed by atoms with Crippen LogP contribution in [0.2, 0.25) is 0 Å². The van der Waals surface area contributed by atoms with Crippen LogP contribution in [-0.4, -0.2) is 37.2 Å². The first-order valence-corrected chi connectivity index (χ1v) is 4.18. The summed E-state index contributed by atoms with van der Waals surface area (Å²) in [6.45, 7) is 6.12. The molecular weight excluding hydrogens is 138 g/mol. The van der Waals surface area contributed by atoms with Gasteiger partial charge in [0.25, 0.3) is 0 Å². The smallest absolute Gasteiger partial charge is 0.0703 e.